The first-order chi connectivity index (χ1) is 11.5. The van der Waals surface area contributed by atoms with Gasteiger partial charge < -0.3 is 0 Å². The highest BCUT2D eigenvalue weighted by Gasteiger charge is 2.26. The second kappa shape index (κ2) is 6.23. The Morgan fingerprint density at radius 1 is 1.12 bits per heavy atom. The van der Waals surface area contributed by atoms with Crippen molar-refractivity contribution in [2.45, 2.75) is 11.3 Å². The molecule has 0 amide bonds. The summed E-state index contributed by atoms with van der Waals surface area (Å²) < 4.78 is 27.8. The van der Waals surface area contributed by atoms with Gasteiger partial charge in [-0.1, -0.05) is 40.2 Å². The van der Waals surface area contributed by atoms with Crippen molar-refractivity contribution in [1.29, 1.82) is 5.26 Å². The second-order valence-electron chi connectivity index (χ2n) is 5.04. The smallest absolute Gasteiger partial charge is 0.268 e. The topological polar surface area (TPSA) is 79.9 Å². The number of carbonyl (C=O) groups is 1. The third-order valence-corrected chi connectivity index (χ3v) is 5.99. The number of Topliss-reactive ketones (excluding diaryl/α,β-unsaturated/α-hetero) is 1. The Morgan fingerprint density at radius 3 is 2.50 bits per heavy atom. The van der Waals surface area contributed by atoms with E-state index in [0.29, 0.717) is 15.4 Å². The molecule has 1 heterocycles. The quantitative estimate of drug-likeness (QED) is 0.622. The summed E-state index contributed by atoms with van der Waals surface area (Å²) in [4.78, 5) is 12.4. The van der Waals surface area contributed by atoms with Gasteiger partial charge >= 0.3 is 0 Å². The number of halogens is 1. The molecule has 0 unspecified atom stereocenters. The lowest BCUT2D eigenvalue weighted by Crippen LogP contribution is -2.18. The van der Waals surface area contributed by atoms with Gasteiger partial charge in [0.2, 0.25) is 0 Å². The third-order valence-electron chi connectivity index (χ3n) is 3.56. The lowest BCUT2D eigenvalue weighted by molar-refractivity contribution is 0.0992. The number of rotatable bonds is 4. The van der Waals surface area contributed by atoms with E-state index in [0.717, 1.165) is 3.97 Å². The van der Waals surface area contributed by atoms with Gasteiger partial charge in [0.05, 0.1) is 16.5 Å². The van der Waals surface area contributed by atoms with Gasteiger partial charge in [0.1, 0.15) is 12.1 Å². The fourth-order valence-corrected chi connectivity index (χ4v) is 4.50. The zero-order valence-electron chi connectivity index (χ0n) is 12.3. The van der Waals surface area contributed by atoms with Crippen LogP contribution in [0.15, 0.2) is 64.0 Å². The Morgan fingerprint density at radius 2 is 1.83 bits per heavy atom. The van der Waals surface area contributed by atoms with Crippen LogP contribution in [-0.4, -0.2) is 18.2 Å². The number of carbonyl (C=O) groups excluding carboxylic acids is 1. The first-order valence-corrected chi connectivity index (χ1v) is 9.21. The van der Waals surface area contributed by atoms with E-state index >= 15 is 0 Å². The maximum absolute atomic E-state index is 13.1. The molecule has 0 bridgehead atoms. The van der Waals surface area contributed by atoms with Crippen LogP contribution in [0.3, 0.4) is 0 Å². The van der Waals surface area contributed by atoms with Gasteiger partial charge in [-0.05, 0) is 30.3 Å². The van der Waals surface area contributed by atoms with E-state index in [4.69, 9.17) is 5.26 Å². The minimum absolute atomic E-state index is 0.0256. The normalized spacial score (nSPS) is 11.3. The van der Waals surface area contributed by atoms with Crippen molar-refractivity contribution in [3.8, 4) is 6.07 Å². The van der Waals surface area contributed by atoms with Crippen molar-refractivity contribution >= 4 is 42.6 Å². The molecule has 0 fully saturated rings. The molecule has 0 radical (unpaired) electrons. The van der Waals surface area contributed by atoms with Crippen molar-refractivity contribution in [2.75, 3.05) is 0 Å². The predicted octanol–water partition coefficient (Wildman–Crippen LogP) is 3.74. The zero-order chi connectivity index (χ0) is 17.3. The molecule has 0 N–H and O–H groups in total. The highest BCUT2D eigenvalue weighted by molar-refractivity contribution is 9.10. The number of aromatic nitrogens is 1. The molecule has 1 aromatic heterocycles. The fourth-order valence-electron chi connectivity index (χ4n) is 2.48. The summed E-state index contributed by atoms with van der Waals surface area (Å²) in [5.41, 5.74) is 0.358. The number of ketones is 1. The van der Waals surface area contributed by atoms with Crippen LogP contribution in [0.1, 0.15) is 16.9 Å². The summed E-state index contributed by atoms with van der Waals surface area (Å²) in [6.07, 6.45) is -0.391. The maximum Gasteiger partial charge on any atom is 0.268 e. The molecular weight excluding hydrogens is 392 g/mol. The molecule has 5 nitrogen and oxygen atoms in total. The van der Waals surface area contributed by atoms with Crippen LogP contribution in [0, 0.1) is 11.3 Å². The number of hydrogen-bond acceptors (Lipinski definition) is 4. The summed E-state index contributed by atoms with van der Waals surface area (Å²) in [5, 5.41) is 9.40. The van der Waals surface area contributed by atoms with Crippen molar-refractivity contribution in [3.63, 3.8) is 0 Å². The molecule has 0 aliphatic heterocycles. The maximum atomic E-state index is 13.1. The molecule has 3 aromatic rings. The molecule has 0 atom stereocenters. The van der Waals surface area contributed by atoms with Crippen LogP contribution in [0.5, 0.6) is 0 Å². The van der Waals surface area contributed by atoms with Gasteiger partial charge in [0.15, 0.2) is 5.78 Å². The average Bonchev–Trinajstić information content (AvgIpc) is 2.98. The summed E-state index contributed by atoms with van der Waals surface area (Å²) in [7, 11) is -3.97. The van der Waals surface area contributed by atoms with Crippen LogP contribution < -0.4 is 0 Å². The Balaban J connectivity index is 2.38. The van der Waals surface area contributed by atoms with Crippen molar-refractivity contribution in [3.05, 3.63) is 64.8 Å². The molecule has 0 saturated heterocycles. The van der Waals surface area contributed by atoms with Crippen molar-refractivity contribution in [2.24, 2.45) is 0 Å². The second-order valence-corrected chi connectivity index (χ2v) is 7.68. The Labute approximate surface area is 147 Å². The zero-order valence-corrected chi connectivity index (χ0v) is 14.7. The lowest BCUT2D eigenvalue weighted by atomic mass is 10.2. The van der Waals surface area contributed by atoms with Gasteiger partial charge in [-0.15, -0.1) is 0 Å². The molecule has 7 heteroatoms. The molecule has 0 aliphatic carbocycles. The molecule has 2 aromatic carbocycles. The average molecular weight is 403 g/mol. The highest BCUT2D eigenvalue weighted by atomic mass is 79.9. The first-order valence-electron chi connectivity index (χ1n) is 6.97. The summed E-state index contributed by atoms with van der Waals surface area (Å²) in [6, 6.07) is 16.2. The molecule has 24 heavy (non-hydrogen) atoms. The van der Waals surface area contributed by atoms with Crippen LogP contribution in [0.25, 0.3) is 10.9 Å². The van der Waals surface area contributed by atoms with Gasteiger partial charge in [0.25, 0.3) is 10.0 Å². The Kier molecular flexibility index (Phi) is 4.26. The van der Waals surface area contributed by atoms with E-state index < -0.39 is 22.2 Å². The monoisotopic (exact) mass is 402 g/mol. The lowest BCUT2D eigenvalue weighted by Gasteiger charge is -2.11. The van der Waals surface area contributed by atoms with Crippen molar-refractivity contribution in [1.82, 2.24) is 3.97 Å². The molecule has 0 spiro atoms. The van der Waals surface area contributed by atoms with E-state index in [9.17, 15) is 13.2 Å². The number of benzene rings is 2. The molecule has 120 valence electrons. The summed E-state index contributed by atoms with van der Waals surface area (Å²) >= 11 is 3.37. The van der Waals surface area contributed by atoms with Crippen LogP contribution in [-0.2, 0) is 10.0 Å². The Bertz CT molecular complexity index is 1080. The minimum Gasteiger partial charge on any atom is -0.291 e. The highest BCUT2D eigenvalue weighted by Crippen LogP contribution is 2.31. The van der Waals surface area contributed by atoms with Crippen LogP contribution in [0.4, 0.5) is 0 Å². The van der Waals surface area contributed by atoms with Gasteiger partial charge in [-0.25, -0.2) is 12.4 Å². The van der Waals surface area contributed by atoms with E-state index in [-0.39, 0.29) is 10.6 Å². The van der Waals surface area contributed by atoms with E-state index in [1.54, 1.807) is 42.5 Å². The van der Waals surface area contributed by atoms with Crippen LogP contribution in [0.2, 0.25) is 0 Å². The third kappa shape index (κ3) is 2.64. The first kappa shape index (κ1) is 16.4. The number of nitriles is 1. The number of nitrogens with zero attached hydrogens (tertiary/aromatic N) is 2. The van der Waals surface area contributed by atoms with Crippen LogP contribution >= 0.6 is 15.9 Å². The largest absolute Gasteiger partial charge is 0.291 e. The van der Waals surface area contributed by atoms with E-state index in [1.165, 1.54) is 18.2 Å². The Hall–Kier alpha value is -2.43. The SMILES string of the molecule is N#CCC(=O)c1cc2c(Br)cccc2n1S(=O)(=O)c1ccccc1. The van der Waals surface area contributed by atoms with E-state index in [2.05, 4.69) is 15.9 Å². The summed E-state index contributed by atoms with van der Waals surface area (Å²) in [6.45, 7) is 0. The molecule has 3 rings (SSSR count). The van der Waals surface area contributed by atoms with Gasteiger partial charge in [0, 0.05) is 9.86 Å². The number of hydrogen-bond donors (Lipinski definition) is 0. The van der Waals surface area contributed by atoms with Crippen molar-refractivity contribution < 1.29 is 13.2 Å². The molecular formula is C17H11BrN2O3S. The van der Waals surface area contributed by atoms with E-state index in [1.807, 2.05) is 0 Å². The van der Waals surface area contributed by atoms with Gasteiger partial charge in [-0.3, -0.25) is 4.79 Å². The number of fused-ring (bicyclic) bond motifs is 1. The molecule has 0 aliphatic rings. The standard InChI is InChI=1S/C17H11BrN2O3S/c18-14-7-4-8-15-13(14)11-16(17(21)9-10-19)20(15)24(22,23)12-5-2-1-3-6-12/h1-8,11H,9H2. The predicted molar refractivity (Wildman–Crippen MR) is 93.2 cm³/mol. The van der Waals surface area contributed by atoms with Gasteiger partial charge in [-0.2, -0.15) is 5.26 Å². The summed E-state index contributed by atoms with van der Waals surface area (Å²) in [5.74, 6) is -0.542. The fraction of sp³-hybridized carbons (Fsp3) is 0.0588. The molecule has 0 saturated carbocycles. The minimum atomic E-state index is -3.97.